The highest BCUT2D eigenvalue weighted by molar-refractivity contribution is 8.18. The average molecular weight is 300 g/mol. The van der Waals surface area contributed by atoms with E-state index in [4.69, 9.17) is 11.6 Å². The zero-order chi connectivity index (χ0) is 13.5. The summed E-state index contributed by atoms with van der Waals surface area (Å²) in [5.41, 5.74) is 1.25. The summed E-state index contributed by atoms with van der Waals surface area (Å²) in [5.74, 6) is 1.31. The SMILES string of the molecule is CCSC(=C(C#N)c1ccc(Cl)cc1)[S+]([O-])CC. The van der Waals surface area contributed by atoms with Crippen LogP contribution in [-0.2, 0) is 11.2 Å². The van der Waals surface area contributed by atoms with Crippen LogP contribution < -0.4 is 0 Å². The van der Waals surface area contributed by atoms with Crippen molar-refractivity contribution in [1.29, 1.82) is 5.26 Å². The highest BCUT2D eigenvalue weighted by atomic mass is 35.5. The normalized spacial score (nSPS) is 13.7. The van der Waals surface area contributed by atoms with E-state index in [1.807, 2.05) is 13.8 Å². The maximum Gasteiger partial charge on any atom is 0.204 e. The summed E-state index contributed by atoms with van der Waals surface area (Å²) in [6, 6.07) is 9.19. The van der Waals surface area contributed by atoms with Gasteiger partial charge >= 0.3 is 0 Å². The standard InChI is InChI=1S/C13H14ClNOS2/c1-3-17-13(18(16)4-2)12(9-15)10-5-7-11(14)8-6-10/h5-8H,3-4H2,1-2H3. The number of hydrogen-bond acceptors (Lipinski definition) is 3. The van der Waals surface area contributed by atoms with Crippen molar-refractivity contribution in [3.63, 3.8) is 0 Å². The summed E-state index contributed by atoms with van der Waals surface area (Å²) in [4.78, 5) is 0. The van der Waals surface area contributed by atoms with Gasteiger partial charge in [-0.15, -0.1) is 0 Å². The van der Waals surface area contributed by atoms with Crippen molar-refractivity contribution in [2.75, 3.05) is 11.5 Å². The molecule has 0 heterocycles. The second kappa shape index (κ2) is 7.75. The topological polar surface area (TPSA) is 46.8 Å². The molecule has 0 amide bonds. The van der Waals surface area contributed by atoms with Crippen LogP contribution in [0.5, 0.6) is 0 Å². The number of allylic oxidation sites excluding steroid dienone is 1. The van der Waals surface area contributed by atoms with Crippen LogP contribution in [-0.4, -0.2) is 16.1 Å². The first kappa shape index (κ1) is 15.5. The lowest BCUT2D eigenvalue weighted by molar-refractivity contribution is 0.604. The van der Waals surface area contributed by atoms with Gasteiger partial charge < -0.3 is 4.55 Å². The molecule has 0 aliphatic carbocycles. The van der Waals surface area contributed by atoms with Crippen LogP contribution in [0.4, 0.5) is 0 Å². The predicted octanol–water partition coefficient (Wildman–Crippen LogP) is 4.05. The van der Waals surface area contributed by atoms with Gasteiger partial charge in [-0.2, -0.15) is 5.26 Å². The molecule has 0 radical (unpaired) electrons. The van der Waals surface area contributed by atoms with Crippen LogP contribution in [0, 0.1) is 11.3 Å². The lowest BCUT2D eigenvalue weighted by Gasteiger charge is -2.12. The molecule has 1 aromatic carbocycles. The Morgan fingerprint density at radius 3 is 2.44 bits per heavy atom. The Bertz CT molecular complexity index is 465. The van der Waals surface area contributed by atoms with E-state index in [1.54, 1.807) is 24.3 Å². The van der Waals surface area contributed by atoms with Gasteiger partial charge in [0.05, 0.1) is 0 Å². The number of thioether (sulfide) groups is 1. The number of benzene rings is 1. The average Bonchev–Trinajstić information content (AvgIpc) is 2.39. The van der Waals surface area contributed by atoms with Gasteiger partial charge in [-0.05, 0) is 41.5 Å². The van der Waals surface area contributed by atoms with E-state index < -0.39 is 11.2 Å². The van der Waals surface area contributed by atoms with Crippen molar-refractivity contribution < 1.29 is 4.55 Å². The third kappa shape index (κ3) is 3.96. The fourth-order valence-electron chi connectivity index (χ4n) is 1.36. The van der Waals surface area contributed by atoms with E-state index in [1.165, 1.54) is 11.8 Å². The summed E-state index contributed by atoms with van der Waals surface area (Å²) < 4.78 is 12.7. The van der Waals surface area contributed by atoms with Gasteiger partial charge in [0, 0.05) is 5.02 Å². The smallest absolute Gasteiger partial charge is 0.204 e. The Labute approximate surface area is 120 Å². The molecule has 5 heteroatoms. The molecule has 0 saturated carbocycles. The van der Waals surface area contributed by atoms with Gasteiger partial charge in [0.1, 0.15) is 17.4 Å². The van der Waals surface area contributed by atoms with E-state index in [9.17, 15) is 9.81 Å². The minimum Gasteiger partial charge on any atom is -0.611 e. The molecule has 96 valence electrons. The van der Waals surface area contributed by atoms with Crippen LogP contribution in [0.2, 0.25) is 5.02 Å². The number of nitriles is 1. The Hall–Kier alpha value is -0.600. The Morgan fingerprint density at radius 2 is 2.00 bits per heavy atom. The third-order valence-electron chi connectivity index (χ3n) is 2.19. The zero-order valence-corrected chi connectivity index (χ0v) is 12.7. The second-order valence-electron chi connectivity index (χ2n) is 3.35. The van der Waals surface area contributed by atoms with Crippen molar-refractivity contribution in [3.8, 4) is 6.07 Å². The van der Waals surface area contributed by atoms with Gasteiger partial charge in [0.15, 0.2) is 0 Å². The molecule has 0 saturated heterocycles. The minimum atomic E-state index is -1.11. The largest absolute Gasteiger partial charge is 0.611 e. The van der Waals surface area contributed by atoms with Crippen LogP contribution in [0.15, 0.2) is 28.5 Å². The first-order valence-electron chi connectivity index (χ1n) is 5.55. The van der Waals surface area contributed by atoms with Crippen molar-refractivity contribution >= 4 is 40.1 Å². The van der Waals surface area contributed by atoms with Crippen molar-refractivity contribution in [2.24, 2.45) is 0 Å². The maximum absolute atomic E-state index is 12.0. The van der Waals surface area contributed by atoms with Crippen molar-refractivity contribution in [1.82, 2.24) is 0 Å². The first-order valence-corrected chi connectivity index (χ1v) is 8.23. The molecule has 0 aromatic heterocycles. The van der Waals surface area contributed by atoms with E-state index in [-0.39, 0.29) is 0 Å². The molecule has 0 aliphatic rings. The molecule has 1 aromatic rings. The van der Waals surface area contributed by atoms with Crippen molar-refractivity contribution in [3.05, 3.63) is 39.1 Å². The predicted molar refractivity (Wildman–Crippen MR) is 80.8 cm³/mol. The quantitative estimate of drug-likeness (QED) is 0.608. The van der Waals surface area contributed by atoms with E-state index in [0.29, 0.717) is 20.6 Å². The van der Waals surface area contributed by atoms with Crippen molar-refractivity contribution in [2.45, 2.75) is 13.8 Å². The summed E-state index contributed by atoms with van der Waals surface area (Å²) in [6.45, 7) is 3.83. The van der Waals surface area contributed by atoms with Gasteiger partial charge in [0.25, 0.3) is 0 Å². The van der Waals surface area contributed by atoms with Gasteiger partial charge in [-0.1, -0.05) is 42.4 Å². The fourth-order valence-corrected chi connectivity index (χ4v) is 3.94. The van der Waals surface area contributed by atoms with Gasteiger partial charge in [-0.25, -0.2) is 0 Å². The van der Waals surface area contributed by atoms with Crippen LogP contribution >= 0.6 is 23.4 Å². The minimum absolute atomic E-state index is 0.485. The van der Waals surface area contributed by atoms with Gasteiger partial charge in [-0.3, -0.25) is 0 Å². The number of rotatable bonds is 5. The summed E-state index contributed by atoms with van der Waals surface area (Å²) in [6.07, 6.45) is 0. The molecule has 1 unspecified atom stereocenters. The molecule has 0 fully saturated rings. The number of hydrogen-bond donors (Lipinski definition) is 0. The lowest BCUT2D eigenvalue weighted by Crippen LogP contribution is -2.07. The lowest BCUT2D eigenvalue weighted by atomic mass is 10.1. The number of halogens is 1. The molecule has 0 spiro atoms. The van der Waals surface area contributed by atoms with Crippen LogP contribution in [0.25, 0.3) is 5.57 Å². The molecule has 1 atom stereocenters. The molecular formula is C13H14ClNOS2. The highest BCUT2D eigenvalue weighted by Crippen LogP contribution is 2.32. The van der Waals surface area contributed by atoms with Gasteiger partial charge in [0.2, 0.25) is 4.24 Å². The molecule has 1 rings (SSSR count). The number of nitrogens with zero attached hydrogens (tertiary/aromatic N) is 1. The summed E-state index contributed by atoms with van der Waals surface area (Å²) in [5, 5.41) is 9.92. The van der Waals surface area contributed by atoms with E-state index in [2.05, 4.69) is 6.07 Å². The van der Waals surface area contributed by atoms with Crippen LogP contribution in [0.1, 0.15) is 19.4 Å². The maximum atomic E-state index is 12.0. The first-order chi connectivity index (χ1) is 8.63. The molecule has 18 heavy (non-hydrogen) atoms. The summed E-state index contributed by atoms with van der Waals surface area (Å²) in [7, 11) is 0. The molecule has 0 aliphatic heterocycles. The molecule has 0 bridgehead atoms. The Kier molecular flexibility index (Phi) is 6.66. The second-order valence-corrected chi connectivity index (χ2v) is 6.99. The molecule has 2 nitrogen and oxygen atoms in total. The highest BCUT2D eigenvalue weighted by Gasteiger charge is 2.20. The summed E-state index contributed by atoms with van der Waals surface area (Å²) >= 11 is 6.18. The molecule has 0 N–H and O–H groups in total. The Balaban J connectivity index is 3.25. The Morgan fingerprint density at radius 1 is 1.39 bits per heavy atom. The third-order valence-corrected chi connectivity index (χ3v) is 5.25. The monoisotopic (exact) mass is 299 g/mol. The van der Waals surface area contributed by atoms with E-state index in [0.717, 1.165) is 11.3 Å². The fraction of sp³-hybridized carbons (Fsp3) is 0.308. The van der Waals surface area contributed by atoms with E-state index >= 15 is 0 Å². The zero-order valence-electron chi connectivity index (χ0n) is 10.3. The molecular weight excluding hydrogens is 286 g/mol. The van der Waals surface area contributed by atoms with Crippen LogP contribution in [0.3, 0.4) is 0 Å².